The fourth-order valence-corrected chi connectivity index (χ4v) is 3.83. The minimum Gasteiger partial charge on any atom is -0.495 e. The topological polar surface area (TPSA) is 130 Å². The van der Waals surface area contributed by atoms with Crippen LogP contribution in [0.3, 0.4) is 0 Å². The van der Waals surface area contributed by atoms with Crippen LogP contribution in [0.1, 0.15) is 17.3 Å². The van der Waals surface area contributed by atoms with Gasteiger partial charge >= 0.3 is 0 Å². The van der Waals surface area contributed by atoms with Crippen molar-refractivity contribution in [2.75, 3.05) is 7.11 Å². The second-order valence-corrected chi connectivity index (χ2v) is 6.61. The molecule has 1 amide bonds. The summed E-state index contributed by atoms with van der Waals surface area (Å²) in [6.07, 6.45) is 0. The standard InChI is InChI=1S/C17H14N4O6S/c1-3-19-15-13(27-2)5-4-6-14(15)28-17(19)18-16(22)10-7-11(20(23)24)9-12(8-10)21(25)26/h4-9H,3H2,1-2H3. The van der Waals surface area contributed by atoms with E-state index in [1.807, 2.05) is 19.1 Å². The molecule has 3 rings (SSSR count). The minimum atomic E-state index is -0.806. The summed E-state index contributed by atoms with van der Waals surface area (Å²) in [5.74, 6) is -0.185. The average Bonchev–Trinajstić information content (AvgIpc) is 3.04. The van der Waals surface area contributed by atoms with E-state index < -0.39 is 27.1 Å². The highest BCUT2D eigenvalue weighted by molar-refractivity contribution is 7.16. The molecule has 0 saturated carbocycles. The van der Waals surface area contributed by atoms with Crippen LogP contribution in [0.15, 0.2) is 41.4 Å². The number of carbonyl (C=O) groups is 1. The number of hydrogen-bond donors (Lipinski definition) is 0. The Balaban J connectivity index is 2.18. The van der Waals surface area contributed by atoms with Crippen LogP contribution < -0.4 is 9.54 Å². The van der Waals surface area contributed by atoms with Gasteiger partial charge in [-0.15, -0.1) is 0 Å². The zero-order valence-corrected chi connectivity index (χ0v) is 15.6. The number of benzene rings is 2. The van der Waals surface area contributed by atoms with Crippen molar-refractivity contribution < 1.29 is 19.4 Å². The van der Waals surface area contributed by atoms with Crippen LogP contribution in [0.5, 0.6) is 5.75 Å². The fourth-order valence-electron chi connectivity index (χ4n) is 2.72. The SMILES string of the molecule is CCn1c(=NC(=O)c2cc([N+](=O)[O-])cc([N+](=O)[O-])c2)sc2cccc(OC)c21. The van der Waals surface area contributed by atoms with E-state index in [0.29, 0.717) is 17.1 Å². The van der Waals surface area contributed by atoms with Gasteiger partial charge in [-0.3, -0.25) is 25.0 Å². The maximum absolute atomic E-state index is 12.6. The third-order valence-corrected chi connectivity index (χ3v) is 5.01. The molecule has 0 atom stereocenters. The third-order valence-electron chi connectivity index (χ3n) is 3.97. The second kappa shape index (κ2) is 7.56. The molecule has 0 saturated heterocycles. The predicted molar refractivity (Wildman–Crippen MR) is 102 cm³/mol. The molecule has 0 bridgehead atoms. The maximum Gasteiger partial charge on any atom is 0.280 e. The van der Waals surface area contributed by atoms with Crippen molar-refractivity contribution >= 4 is 38.8 Å². The zero-order valence-electron chi connectivity index (χ0n) is 14.8. The van der Waals surface area contributed by atoms with Crippen molar-refractivity contribution in [3.05, 3.63) is 67.0 Å². The number of nitrogens with zero attached hydrogens (tertiary/aromatic N) is 4. The smallest absolute Gasteiger partial charge is 0.280 e. The van der Waals surface area contributed by atoms with Crippen LogP contribution in [-0.2, 0) is 6.54 Å². The number of nitro groups is 2. The lowest BCUT2D eigenvalue weighted by Crippen LogP contribution is -2.16. The summed E-state index contributed by atoms with van der Waals surface area (Å²) in [7, 11) is 1.54. The number of methoxy groups -OCH3 is 1. The number of fused-ring (bicyclic) bond motifs is 1. The summed E-state index contributed by atoms with van der Waals surface area (Å²) in [5.41, 5.74) is -0.551. The van der Waals surface area contributed by atoms with Gasteiger partial charge in [0.25, 0.3) is 17.3 Å². The second-order valence-electron chi connectivity index (χ2n) is 5.61. The molecule has 0 unspecified atom stereocenters. The van der Waals surface area contributed by atoms with Crippen molar-refractivity contribution in [2.24, 2.45) is 4.99 Å². The van der Waals surface area contributed by atoms with Gasteiger partial charge in [-0.05, 0) is 19.1 Å². The number of non-ortho nitro benzene ring substituents is 2. The van der Waals surface area contributed by atoms with Gasteiger partial charge in [0.1, 0.15) is 11.3 Å². The van der Waals surface area contributed by atoms with Crippen LogP contribution in [0.25, 0.3) is 10.2 Å². The van der Waals surface area contributed by atoms with Crippen molar-refractivity contribution in [3.63, 3.8) is 0 Å². The number of rotatable bonds is 5. The maximum atomic E-state index is 12.6. The number of para-hydroxylation sites is 1. The summed E-state index contributed by atoms with van der Waals surface area (Å²) < 4.78 is 7.99. The molecule has 0 aliphatic heterocycles. The molecule has 2 aromatic carbocycles. The summed E-state index contributed by atoms with van der Waals surface area (Å²) in [6.45, 7) is 2.38. The van der Waals surface area contributed by atoms with Crippen LogP contribution >= 0.6 is 11.3 Å². The molecule has 28 heavy (non-hydrogen) atoms. The molecule has 11 heteroatoms. The molecule has 3 aromatic rings. The number of hydrogen-bond acceptors (Lipinski definition) is 7. The number of aromatic nitrogens is 1. The molecule has 0 aliphatic carbocycles. The van der Waals surface area contributed by atoms with E-state index in [1.165, 1.54) is 18.4 Å². The van der Waals surface area contributed by atoms with Gasteiger partial charge in [-0.25, -0.2) is 0 Å². The summed E-state index contributed by atoms with van der Waals surface area (Å²) in [6, 6.07) is 8.21. The van der Waals surface area contributed by atoms with Crippen LogP contribution in [-0.4, -0.2) is 27.4 Å². The Morgan fingerprint density at radius 3 is 2.36 bits per heavy atom. The van der Waals surface area contributed by atoms with E-state index in [9.17, 15) is 25.0 Å². The molecule has 0 N–H and O–H groups in total. The Morgan fingerprint density at radius 1 is 1.18 bits per heavy atom. The number of thiazole rings is 1. The quantitative estimate of drug-likeness (QED) is 0.475. The molecule has 0 spiro atoms. The van der Waals surface area contributed by atoms with E-state index >= 15 is 0 Å². The molecular weight excluding hydrogens is 388 g/mol. The lowest BCUT2D eigenvalue weighted by Gasteiger charge is -2.05. The van der Waals surface area contributed by atoms with E-state index in [4.69, 9.17) is 4.74 Å². The van der Waals surface area contributed by atoms with Gasteiger partial charge in [0.05, 0.1) is 33.3 Å². The Bertz CT molecular complexity index is 1150. The monoisotopic (exact) mass is 402 g/mol. The van der Waals surface area contributed by atoms with E-state index in [0.717, 1.165) is 28.4 Å². The van der Waals surface area contributed by atoms with Gasteiger partial charge in [-0.1, -0.05) is 17.4 Å². The highest BCUT2D eigenvalue weighted by atomic mass is 32.1. The predicted octanol–water partition coefficient (Wildman–Crippen LogP) is 3.29. The van der Waals surface area contributed by atoms with Gasteiger partial charge in [0.15, 0.2) is 4.80 Å². The Labute approximate surface area is 161 Å². The number of carbonyl (C=O) groups excluding carboxylic acids is 1. The van der Waals surface area contributed by atoms with Crippen molar-refractivity contribution in [2.45, 2.75) is 13.5 Å². The third kappa shape index (κ3) is 3.47. The van der Waals surface area contributed by atoms with Crippen molar-refractivity contribution in [1.82, 2.24) is 4.57 Å². The first-order chi connectivity index (χ1) is 13.3. The molecule has 1 aromatic heterocycles. The van der Waals surface area contributed by atoms with Gasteiger partial charge in [0, 0.05) is 18.7 Å². The van der Waals surface area contributed by atoms with Gasteiger partial charge < -0.3 is 9.30 Å². The first-order valence-corrected chi connectivity index (χ1v) is 8.86. The number of amides is 1. The normalized spacial score (nSPS) is 11.6. The lowest BCUT2D eigenvalue weighted by molar-refractivity contribution is -0.394. The molecule has 144 valence electrons. The number of nitro benzene ring substituents is 2. The summed E-state index contributed by atoms with van der Waals surface area (Å²) >= 11 is 1.25. The largest absolute Gasteiger partial charge is 0.495 e. The zero-order chi connectivity index (χ0) is 20.4. The van der Waals surface area contributed by atoms with Crippen molar-refractivity contribution in [3.8, 4) is 5.75 Å². The average molecular weight is 402 g/mol. The lowest BCUT2D eigenvalue weighted by atomic mass is 10.1. The van der Waals surface area contributed by atoms with E-state index in [-0.39, 0.29) is 5.56 Å². The van der Waals surface area contributed by atoms with Crippen LogP contribution in [0.2, 0.25) is 0 Å². The summed E-state index contributed by atoms with van der Waals surface area (Å²) in [5, 5.41) is 22.0. The number of ether oxygens (including phenoxy) is 1. The highest BCUT2D eigenvalue weighted by Crippen LogP contribution is 2.27. The molecule has 1 heterocycles. The van der Waals surface area contributed by atoms with E-state index in [1.54, 1.807) is 10.6 Å². The Kier molecular flexibility index (Phi) is 5.18. The van der Waals surface area contributed by atoms with Crippen LogP contribution in [0, 0.1) is 20.2 Å². The van der Waals surface area contributed by atoms with Gasteiger partial charge in [-0.2, -0.15) is 4.99 Å². The molecule has 0 fully saturated rings. The van der Waals surface area contributed by atoms with Crippen molar-refractivity contribution in [1.29, 1.82) is 0 Å². The summed E-state index contributed by atoms with van der Waals surface area (Å²) in [4.78, 5) is 37.5. The molecule has 10 nitrogen and oxygen atoms in total. The molecule has 0 aliphatic rings. The Morgan fingerprint density at radius 2 is 1.82 bits per heavy atom. The molecule has 0 radical (unpaired) electrons. The van der Waals surface area contributed by atoms with Gasteiger partial charge in [0.2, 0.25) is 0 Å². The Hall–Kier alpha value is -3.60. The molecular formula is C17H14N4O6S. The number of aryl methyl sites for hydroxylation is 1. The first-order valence-electron chi connectivity index (χ1n) is 8.05. The first kappa shape index (κ1) is 19.2. The van der Waals surface area contributed by atoms with E-state index in [2.05, 4.69) is 4.99 Å². The minimum absolute atomic E-state index is 0.229. The highest BCUT2D eigenvalue weighted by Gasteiger charge is 2.20. The fraction of sp³-hybridized carbons (Fsp3) is 0.176. The van der Waals surface area contributed by atoms with Crippen LogP contribution in [0.4, 0.5) is 11.4 Å².